The monoisotopic (exact) mass is 330 g/mol. The van der Waals surface area contributed by atoms with Crippen molar-refractivity contribution in [3.8, 4) is 0 Å². The molecule has 6 heteroatoms. The summed E-state index contributed by atoms with van der Waals surface area (Å²) in [5, 5.41) is 0. The van der Waals surface area contributed by atoms with Gasteiger partial charge in [0.05, 0.1) is 0 Å². The van der Waals surface area contributed by atoms with E-state index >= 15 is 0 Å². The third-order valence-electron chi connectivity index (χ3n) is 4.65. The quantitative estimate of drug-likeness (QED) is 0.699. The van der Waals surface area contributed by atoms with Crippen molar-refractivity contribution in [1.82, 2.24) is 0 Å². The van der Waals surface area contributed by atoms with Gasteiger partial charge in [-0.25, -0.2) is 4.21 Å². The van der Waals surface area contributed by atoms with Crippen LogP contribution in [0.1, 0.15) is 33.6 Å². The fraction of sp³-hybridized carbons (Fsp3) is 0.818. The first-order valence-corrected chi connectivity index (χ1v) is 7.36. The zero-order chi connectivity index (χ0) is 13.2. The second-order valence-corrected chi connectivity index (χ2v) is 7.80. The van der Waals surface area contributed by atoms with Crippen molar-refractivity contribution in [2.75, 3.05) is 0 Å². The van der Waals surface area contributed by atoms with Crippen molar-refractivity contribution in [3.05, 3.63) is 9.39 Å². The van der Waals surface area contributed by atoms with Crippen LogP contribution in [0.5, 0.6) is 0 Å². The minimum absolute atomic E-state index is 0.0613. The van der Waals surface area contributed by atoms with Gasteiger partial charge in [-0.3, -0.25) is 0 Å². The zero-order valence-electron chi connectivity index (χ0n) is 9.82. The summed E-state index contributed by atoms with van der Waals surface area (Å²) >= 11 is 3.25. The van der Waals surface area contributed by atoms with Crippen LogP contribution in [0.2, 0.25) is 0 Å². The maximum Gasteiger partial charge on any atom is 0.475 e. The van der Waals surface area contributed by atoms with E-state index in [1.54, 1.807) is 6.92 Å². The first kappa shape index (κ1) is 13.6. The summed E-state index contributed by atoms with van der Waals surface area (Å²) in [6, 6.07) is 0. The van der Waals surface area contributed by atoms with Gasteiger partial charge >= 0.3 is 5.51 Å². The molecule has 1 fully saturated rings. The van der Waals surface area contributed by atoms with Gasteiger partial charge in [-0.15, -0.1) is 0 Å². The summed E-state index contributed by atoms with van der Waals surface area (Å²) < 4.78 is 50.2. The molecule has 0 aromatic heterocycles. The first-order valence-electron chi connectivity index (χ1n) is 5.42. The van der Waals surface area contributed by atoms with Gasteiger partial charge in [0.1, 0.15) is 0 Å². The maximum atomic E-state index is 12.7. The van der Waals surface area contributed by atoms with Crippen LogP contribution in [0, 0.1) is 16.7 Å². The molecule has 1 saturated carbocycles. The predicted molar refractivity (Wildman–Crippen MR) is 64.8 cm³/mol. The Morgan fingerprint density at radius 3 is 2.24 bits per heavy atom. The van der Waals surface area contributed by atoms with Crippen molar-refractivity contribution < 1.29 is 17.4 Å². The summed E-state index contributed by atoms with van der Waals surface area (Å²) in [6.07, 6.45) is 1.54. The van der Waals surface area contributed by atoms with E-state index in [9.17, 15) is 17.4 Å². The first-order chi connectivity index (χ1) is 7.53. The molecule has 98 valence electrons. The Kier molecular flexibility index (Phi) is 2.87. The normalized spacial score (nSPS) is 37.7. The summed E-state index contributed by atoms with van der Waals surface area (Å²) in [7, 11) is -2.90. The molecule has 0 amide bonds. The Labute approximate surface area is 109 Å². The second-order valence-electron chi connectivity index (χ2n) is 5.54. The molecule has 1 nitrogen and oxygen atoms in total. The van der Waals surface area contributed by atoms with E-state index in [-0.39, 0.29) is 16.2 Å². The van der Waals surface area contributed by atoms with Gasteiger partial charge < -0.3 is 0 Å². The molecule has 0 N–H and O–H groups in total. The smallest absolute Gasteiger partial charge is 0.245 e. The van der Waals surface area contributed by atoms with Crippen molar-refractivity contribution in [1.29, 1.82) is 0 Å². The van der Waals surface area contributed by atoms with E-state index in [4.69, 9.17) is 0 Å². The SMILES string of the molecule is CC1(C)[C@H]2CC[C@@]1(C)C(S(=O)C(F)(F)F)=C2Br. The standard InChI is InChI=1S/C11H14BrF3OS/c1-9(2)6-4-5-10(9,3)8(7(6)12)17(16)11(13,14)15/h6H,4-5H2,1-3H3/t6-,10-,17?/m0/s1. The summed E-state index contributed by atoms with van der Waals surface area (Å²) in [5.74, 6) is 0.0637. The molecule has 2 bridgehead atoms. The lowest BCUT2D eigenvalue weighted by Crippen LogP contribution is -2.34. The van der Waals surface area contributed by atoms with Gasteiger partial charge in [-0.2, -0.15) is 13.2 Å². The fourth-order valence-corrected chi connectivity index (χ4v) is 6.19. The molecule has 1 unspecified atom stereocenters. The van der Waals surface area contributed by atoms with E-state index in [1.807, 2.05) is 13.8 Å². The third kappa shape index (κ3) is 1.59. The molecule has 0 spiro atoms. The number of hydrogen-bond acceptors (Lipinski definition) is 1. The van der Waals surface area contributed by atoms with Crippen molar-refractivity contribution in [3.63, 3.8) is 0 Å². The highest BCUT2D eigenvalue weighted by Gasteiger charge is 2.64. The fourth-order valence-electron chi connectivity index (χ4n) is 3.18. The highest BCUT2D eigenvalue weighted by Crippen LogP contribution is 2.70. The van der Waals surface area contributed by atoms with Crippen LogP contribution in [0.3, 0.4) is 0 Å². The molecule has 0 aromatic carbocycles. The maximum absolute atomic E-state index is 12.7. The van der Waals surface area contributed by atoms with Crippen LogP contribution >= 0.6 is 15.9 Å². The topological polar surface area (TPSA) is 17.1 Å². The molecule has 0 radical (unpaired) electrons. The van der Waals surface area contributed by atoms with Gasteiger partial charge in [-0.1, -0.05) is 36.7 Å². The molecular weight excluding hydrogens is 317 g/mol. The molecule has 0 aromatic rings. The zero-order valence-corrected chi connectivity index (χ0v) is 12.2. The van der Waals surface area contributed by atoms with Gasteiger partial charge in [0.15, 0.2) is 10.8 Å². The van der Waals surface area contributed by atoms with Crippen LogP contribution in [0.4, 0.5) is 13.2 Å². The number of alkyl halides is 3. The van der Waals surface area contributed by atoms with E-state index in [0.717, 1.165) is 6.42 Å². The van der Waals surface area contributed by atoms with E-state index in [2.05, 4.69) is 15.9 Å². The Morgan fingerprint density at radius 1 is 1.35 bits per heavy atom. The Hall–Kier alpha value is 0.160. The number of rotatable bonds is 1. The van der Waals surface area contributed by atoms with Gasteiger partial charge in [0.2, 0.25) is 0 Å². The van der Waals surface area contributed by atoms with Crippen molar-refractivity contribution in [2.45, 2.75) is 39.1 Å². The molecule has 2 aliphatic carbocycles. The second kappa shape index (κ2) is 3.59. The minimum Gasteiger partial charge on any atom is -0.245 e. The molecule has 2 aliphatic rings. The molecule has 0 aliphatic heterocycles. The molecule has 2 rings (SSSR count). The Bertz CT molecular complexity index is 427. The van der Waals surface area contributed by atoms with Crippen LogP contribution in [0.25, 0.3) is 0 Å². The molecule has 0 heterocycles. The molecule has 17 heavy (non-hydrogen) atoms. The van der Waals surface area contributed by atoms with Gasteiger partial charge in [-0.05, 0) is 24.2 Å². The van der Waals surface area contributed by atoms with Crippen LogP contribution < -0.4 is 0 Å². The Balaban J connectivity index is 2.54. The largest absolute Gasteiger partial charge is 0.475 e. The van der Waals surface area contributed by atoms with E-state index in [1.165, 1.54) is 0 Å². The van der Waals surface area contributed by atoms with E-state index < -0.39 is 21.7 Å². The van der Waals surface area contributed by atoms with Crippen LogP contribution in [0.15, 0.2) is 9.39 Å². The average Bonchev–Trinajstić information content (AvgIpc) is 2.44. The summed E-state index contributed by atoms with van der Waals surface area (Å²) in [4.78, 5) is 0.0613. The number of halogens is 4. The summed E-state index contributed by atoms with van der Waals surface area (Å²) in [6.45, 7) is 5.74. The number of allylic oxidation sites excluding steroid dienone is 2. The van der Waals surface area contributed by atoms with E-state index in [0.29, 0.717) is 10.9 Å². The molecule has 3 atom stereocenters. The Morgan fingerprint density at radius 2 is 1.88 bits per heavy atom. The van der Waals surface area contributed by atoms with Crippen molar-refractivity contribution >= 4 is 26.7 Å². The summed E-state index contributed by atoms with van der Waals surface area (Å²) in [5.41, 5.74) is -5.54. The highest BCUT2D eigenvalue weighted by molar-refractivity contribution is 9.11. The predicted octanol–water partition coefficient (Wildman–Crippen LogP) is 4.32. The lowest BCUT2D eigenvalue weighted by Gasteiger charge is -2.36. The molecular formula is C11H14BrF3OS. The van der Waals surface area contributed by atoms with Gasteiger partial charge in [0, 0.05) is 14.8 Å². The third-order valence-corrected chi connectivity index (χ3v) is 7.32. The lowest BCUT2D eigenvalue weighted by atomic mass is 9.70. The van der Waals surface area contributed by atoms with Crippen molar-refractivity contribution in [2.24, 2.45) is 16.7 Å². The van der Waals surface area contributed by atoms with Crippen LogP contribution in [-0.4, -0.2) is 9.72 Å². The number of fused-ring (bicyclic) bond motifs is 2. The number of hydrogen-bond donors (Lipinski definition) is 0. The average molecular weight is 331 g/mol. The minimum atomic E-state index is -4.67. The van der Waals surface area contributed by atoms with Gasteiger partial charge in [0.25, 0.3) is 0 Å². The van der Waals surface area contributed by atoms with Crippen LogP contribution in [-0.2, 0) is 10.8 Å². The highest BCUT2D eigenvalue weighted by atomic mass is 79.9. The lowest BCUT2D eigenvalue weighted by molar-refractivity contribution is -0.0383. The molecule has 0 saturated heterocycles.